The van der Waals surface area contributed by atoms with Crippen LogP contribution in [0.5, 0.6) is 0 Å². The zero-order valence-corrected chi connectivity index (χ0v) is 17.6. The lowest BCUT2D eigenvalue weighted by molar-refractivity contribution is -0.139. The largest absolute Gasteiger partial charge is 0.360 e. The molecule has 0 aliphatic carbocycles. The van der Waals surface area contributed by atoms with Crippen molar-refractivity contribution >= 4 is 17.5 Å². The van der Waals surface area contributed by atoms with Gasteiger partial charge in [-0.15, -0.1) is 0 Å². The van der Waals surface area contributed by atoms with Crippen molar-refractivity contribution in [3.05, 3.63) is 59.0 Å². The van der Waals surface area contributed by atoms with Crippen LogP contribution in [0.3, 0.4) is 0 Å². The van der Waals surface area contributed by atoms with E-state index in [1.165, 1.54) is 5.56 Å². The summed E-state index contributed by atoms with van der Waals surface area (Å²) in [5.41, 5.74) is 3.20. The van der Waals surface area contributed by atoms with Crippen LogP contribution in [0.15, 0.2) is 40.9 Å². The first kappa shape index (κ1) is 19.1. The number of aromatic nitrogens is 1. The van der Waals surface area contributed by atoms with Crippen LogP contribution in [0.1, 0.15) is 22.6 Å². The predicted molar refractivity (Wildman–Crippen MR) is 110 cm³/mol. The van der Waals surface area contributed by atoms with Gasteiger partial charge in [0.2, 0.25) is 11.8 Å². The first-order valence-electron chi connectivity index (χ1n) is 10.2. The van der Waals surface area contributed by atoms with Crippen LogP contribution in [-0.2, 0) is 20.9 Å². The van der Waals surface area contributed by atoms with Gasteiger partial charge in [-0.1, -0.05) is 23.4 Å². The number of ether oxygens (including phenoxy) is 1. The number of carbonyl (C=O) groups is 2. The molecule has 30 heavy (non-hydrogen) atoms. The average molecular weight is 407 g/mol. The summed E-state index contributed by atoms with van der Waals surface area (Å²) in [5, 5.41) is 3.88. The highest BCUT2D eigenvalue weighted by molar-refractivity contribution is 6.03. The van der Waals surface area contributed by atoms with Gasteiger partial charge in [0, 0.05) is 18.8 Å². The fourth-order valence-electron chi connectivity index (χ4n) is 4.95. The fourth-order valence-corrected chi connectivity index (χ4v) is 4.95. The maximum absolute atomic E-state index is 13.5. The summed E-state index contributed by atoms with van der Waals surface area (Å²) in [4.78, 5) is 30.2. The number of aryl methyl sites for hydroxylation is 3. The molecule has 3 aliphatic rings. The van der Waals surface area contributed by atoms with Gasteiger partial charge in [-0.3, -0.25) is 9.59 Å². The van der Waals surface area contributed by atoms with E-state index in [1.54, 1.807) is 16.8 Å². The number of anilines is 1. The minimum atomic E-state index is -0.732. The van der Waals surface area contributed by atoms with Gasteiger partial charge in [0.15, 0.2) is 5.76 Å². The molecule has 2 fully saturated rings. The van der Waals surface area contributed by atoms with Crippen LogP contribution in [0.25, 0.3) is 0 Å². The van der Waals surface area contributed by atoms with Crippen molar-refractivity contribution in [2.24, 2.45) is 11.8 Å². The highest BCUT2D eigenvalue weighted by Gasteiger charge is 2.67. The summed E-state index contributed by atoms with van der Waals surface area (Å²) >= 11 is 0. The van der Waals surface area contributed by atoms with Gasteiger partial charge < -0.3 is 19.1 Å². The van der Waals surface area contributed by atoms with Crippen molar-refractivity contribution in [1.82, 2.24) is 10.1 Å². The van der Waals surface area contributed by atoms with Crippen LogP contribution in [0.2, 0.25) is 0 Å². The minimum Gasteiger partial charge on any atom is -0.360 e. The Kier molecular flexibility index (Phi) is 4.15. The summed E-state index contributed by atoms with van der Waals surface area (Å²) in [5.74, 6) is -0.589. The van der Waals surface area contributed by atoms with Crippen molar-refractivity contribution in [2.45, 2.75) is 39.0 Å². The monoisotopic (exact) mass is 407 g/mol. The third kappa shape index (κ3) is 2.72. The fraction of sp³-hybridized carbons (Fsp3) is 0.435. The number of rotatable bonds is 4. The summed E-state index contributed by atoms with van der Waals surface area (Å²) in [6.07, 6.45) is 3.54. The van der Waals surface area contributed by atoms with Gasteiger partial charge in [0.1, 0.15) is 5.60 Å². The van der Waals surface area contributed by atoms with E-state index < -0.39 is 17.4 Å². The molecule has 0 saturated carbocycles. The topological polar surface area (TPSA) is 75.9 Å². The quantitative estimate of drug-likeness (QED) is 0.728. The molecule has 7 nitrogen and oxygen atoms in total. The van der Waals surface area contributed by atoms with E-state index in [-0.39, 0.29) is 17.9 Å². The summed E-state index contributed by atoms with van der Waals surface area (Å²) in [7, 11) is 1.73. The minimum absolute atomic E-state index is 0.0487. The highest BCUT2D eigenvalue weighted by Crippen LogP contribution is 2.53. The Bertz CT molecular complexity index is 1070. The van der Waals surface area contributed by atoms with Gasteiger partial charge in [-0.25, -0.2) is 0 Å². The van der Waals surface area contributed by atoms with Crippen molar-refractivity contribution in [1.29, 1.82) is 0 Å². The molecule has 2 amide bonds. The number of hydrogen-bond acceptors (Lipinski definition) is 5. The first-order chi connectivity index (χ1) is 14.3. The Balaban J connectivity index is 1.42. The predicted octanol–water partition coefficient (Wildman–Crippen LogP) is 2.54. The van der Waals surface area contributed by atoms with E-state index in [0.29, 0.717) is 18.8 Å². The van der Waals surface area contributed by atoms with Gasteiger partial charge in [-0.05, 0) is 44.0 Å². The number of benzene rings is 1. The number of fused-ring (bicyclic) bond motifs is 1. The zero-order chi connectivity index (χ0) is 21.2. The van der Waals surface area contributed by atoms with Crippen molar-refractivity contribution in [3.8, 4) is 0 Å². The van der Waals surface area contributed by atoms with Gasteiger partial charge in [0.05, 0.1) is 36.7 Å². The zero-order valence-electron chi connectivity index (χ0n) is 17.6. The van der Waals surface area contributed by atoms with E-state index in [0.717, 1.165) is 16.9 Å². The summed E-state index contributed by atoms with van der Waals surface area (Å²) < 4.78 is 11.5. The molecule has 156 valence electrons. The lowest BCUT2D eigenvalue weighted by atomic mass is 9.76. The molecule has 5 rings (SSSR count). The molecule has 2 saturated heterocycles. The molecule has 3 aliphatic heterocycles. The molecule has 1 aromatic heterocycles. The Morgan fingerprint density at radius 2 is 2.07 bits per heavy atom. The van der Waals surface area contributed by atoms with Crippen LogP contribution in [-0.4, -0.2) is 47.2 Å². The first-order valence-corrected chi connectivity index (χ1v) is 10.2. The van der Waals surface area contributed by atoms with Gasteiger partial charge in [0.25, 0.3) is 0 Å². The molecular formula is C23H25N3O4. The normalized spacial score (nSPS) is 29.0. The highest BCUT2D eigenvalue weighted by atomic mass is 16.5. The van der Waals surface area contributed by atoms with Crippen LogP contribution < -0.4 is 4.90 Å². The third-order valence-electron chi connectivity index (χ3n) is 6.63. The average Bonchev–Trinajstić information content (AvgIpc) is 3.45. The third-order valence-corrected chi connectivity index (χ3v) is 6.63. The van der Waals surface area contributed by atoms with Gasteiger partial charge in [-0.2, -0.15) is 0 Å². The van der Waals surface area contributed by atoms with Crippen LogP contribution in [0, 0.1) is 32.6 Å². The number of nitrogens with zero attached hydrogens (tertiary/aromatic N) is 3. The smallest absolute Gasteiger partial charge is 0.234 e. The van der Waals surface area contributed by atoms with Gasteiger partial charge >= 0.3 is 0 Å². The SMILES string of the molecule is Cc1cc(CN(C)C(=O)C2C3C(=O)N(c4ccc(C)c(C)c4)C[C@@]34C=C[C@@H]2O4)on1. The van der Waals surface area contributed by atoms with E-state index in [2.05, 4.69) is 5.16 Å². The maximum atomic E-state index is 13.5. The molecule has 2 bridgehead atoms. The number of hydrogen-bond donors (Lipinski definition) is 0. The molecule has 7 heteroatoms. The molecule has 2 aromatic rings. The van der Waals surface area contributed by atoms with Crippen LogP contribution in [0.4, 0.5) is 5.69 Å². The van der Waals surface area contributed by atoms with E-state index in [9.17, 15) is 9.59 Å². The standard InChI is InChI=1S/C23H25N3O4/c1-13-5-6-16(9-14(13)2)26-12-23-8-7-18(29-23)19(20(23)22(26)28)21(27)25(4)11-17-10-15(3)24-30-17/h5-10,18-20H,11-12H2,1-4H3/t18-,19?,20?,23-/m0/s1. The molecule has 2 unspecified atom stereocenters. The molecule has 1 aromatic carbocycles. The van der Waals surface area contributed by atoms with E-state index in [4.69, 9.17) is 9.26 Å². The van der Waals surface area contributed by atoms with Crippen molar-refractivity contribution in [2.75, 3.05) is 18.5 Å². The second kappa shape index (κ2) is 6.54. The summed E-state index contributed by atoms with van der Waals surface area (Å²) in [6.45, 7) is 6.66. The lowest BCUT2D eigenvalue weighted by Crippen LogP contribution is -2.44. The van der Waals surface area contributed by atoms with Crippen molar-refractivity contribution < 1.29 is 18.8 Å². The number of carbonyl (C=O) groups excluding carboxylic acids is 2. The Morgan fingerprint density at radius 1 is 1.27 bits per heavy atom. The second-order valence-electron chi connectivity index (χ2n) is 8.72. The maximum Gasteiger partial charge on any atom is 0.234 e. The number of amides is 2. The molecule has 0 N–H and O–H groups in total. The molecule has 4 atom stereocenters. The summed E-state index contributed by atoms with van der Waals surface area (Å²) in [6, 6.07) is 7.82. The lowest BCUT2D eigenvalue weighted by Gasteiger charge is -2.27. The molecular weight excluding hydrogens is 382 g/mol. The Hall–Kier alpha value is -2.93. The molecule has 0 radical (unpaired) electrons. The Morgan fingerprint density at radius 3 is 2.77 bits per heavy atom. The van der Waals surface area contributed by atoms with E-state index in [1.807, 2.05) is 57.2 Å². The van der Waals surface area contributed by atoms with E-state index >= 15 is 0 Å². The van der Waals surface area contributed by atoms with Crippen LogP contribution >= 0.6 is 0 Å². The molecule has 4 heterocycles. The van der Waals surface area contributed by atoms with Crippen molar-refractivity contribution in [3.63, 3.8) is 0 Å². The Labute approximate surface area is 175 Å². The second-order valence-corrected chi connectivity index (χ2v) is 8.72. The molecule has 1 spiro atoms.